The number of ether oxygens (including phenoxy) is 1. The molecule has 3 aromatic heterocycles. The van der Waals surface area contributed by atoms with Crippen LogP contribution in [-0.4, -0.2) is 44.7 Å². The predicted octanol–water partition coefficient (Wildman–Crippen LogP) is 3.12. The first kappa shape index (κ1) is 18.7. The minimum absolute atomic E-state index is 0.136. The van der Waals surface area contributed by atoms with E-state index in [9.17, 15) is 4.79 Å². The summed E-state index contributed by atoms with van der Waals surface area (Å²) >= 11 is 0. The van der Waals surface area contributed by atoms with Crippen LogP contribution in [0.5, 0.6) is 5.88 Å². The fourth-order valence-electron chi connectivity index (χ4n) is 3.76. The molecule has 9 heteroatoms. The van der Waals surface area contributed by atoms with E-state index in [0.29, 0.717) is 22.9 Å². The highest BCUT2D eigenvalue weighted by atomic mass is 16.5. The van der Waals surface area contributed by atoms with Crippen LogP contribution in [0, 0.1) is 0 Å². The fraction of sp³-hybridized carbons (Fsp3) is 0.429. The van der Waals surface area contributed by atoms with Crippen molar-refractivity contribution in [3.8, 4) is 5.88 Å². The van der Waals surface area contributed by atoms with Crippen molar-refractivity contribution in [1.29, 1.82) is 0 Å². The van der Waals surface area contributed by atoms with E-state index >= 15 is 0 Å². The summed E-state index contributed by atoms with van der Waals surface area (Å²) in [4.78, 5) is 21.9. The molecule has 0 radical (unpaired) electrons. The van der Waals surface area contributed by atoms with Gasteiger partial charge >= 0.3 is 0 Å². The highest BCUT2D eigenvalue weighted by molar-refractivity contribution is 6.00. The summed E-state index contributed by atoms with van der Waals surface area (Å²) in [5, 5.41) is 13.9. The van der Waals surface area contributed by atoms with E-state index in [2.05, 4.69) is 31.0 Å². The summed E-state index contributed by atoms with van der Waals surface area (Å²) in [6.45, 7) is 0. The number of hydrogen-bond donors (Lipinski definition) is 3. The maximum atomic E-state index is 12.9. The number of nitrogens with one attached hydrogen (secondary N) is 3. The lowest BCUT2D eigenvalue weighted by Gasteiger charge is -2.13. The molecule has 0 spiro atoms. The van der Waals surface area contributed by atoms with E-state index in [-0.39, 0.29) is 18.1 Å². The first-order valence-corrected chi connectivity index (χ1v) is 10.5. The van der Waals surface area contributed by atoms with Gasteiger partial charge in [-0.1, -0.05) is 12.8 Å². The Kier molecular flexibility index (Phi) is 4.86. The Morgan fingerprint density at radius 1 is 1.23 bits per heavy atom. The summed E-state index contributed by atoms with van der Waals surface area (Å²) in [5.74, 6) is 1.72. The van der Waals surface area contributed by atoms with Crippen molar-refractivity contribution in [1.82, 2.24) is 24.9 Å². The van der Waals surface area contributed by atoms with Crippen LogP contribution in [0.1, 0.15) is 48.9 Å². The summed E-state index contributed by atoms with van der Waals surface area (Å²) < 4.78 is 7.53. The lowest BCUT2D eigenvalue weighted by molar-refractivity contribution is 0.0939. The number of nitrogens with zero attached hydrogens (tertiary/aromatic N) is 4. The van der Waals surface area contributed by atoms with Crippen LogP contribution in [0.2, 0.25) is 0 Å². The minimum atomic E-state index is -0.136. The molecule has 30 heavy (non-hydrogen) atoms. The highest BCUT2D eigenvalue weighted by Crippen LogP contribution is 2.32. The van der Waals surface area contributed by atoms with Crippen molar-refractivity contribution >= 4 is 28.9 Å². The number of pyridine rings is 1. The molecule has 5 rings (SSSR count). The zero-order valence-electron chi connectivity index (χ0n) is 16.9. The lowest BCUT2D eigenvalue weighted by Crippen LogP contribution is -2.32. The van der Waals surface area contributed by atoms with Gasteiger partial charge in [0.1, 0.15) is 29.0 Å². The van der Waals surface area contributed by atoms with Crippen LogP contribution in [0.15, 0.2) is 30.6 Å². The number of carbonyl (C=O) groups is 1. The molecule has 0 aliphatic heterocycles. The van der Waals surface area contributed by atoms with Gasteiger partial charge in [-0.05, 0) is 37.8 Å². The van der Waals surface area contributed by atoms with Crippen LogP contribution >= 0.6 is 0 Å². The van der Waals surface area contributed by atoms with Gasteiger partial charge in [0.05, 0.1) is 6.20 Å². The number of aromatic nitrogens is 4. The van der Waals surface area contributed by atoms with E-state index in [1.807, 2.05) is 25.2 Å². The average Bonchev–Trinajstić information content (AvgIpc) is 3.23. The van der Waals surface area contributed by atoms with Crippen molar-refractivity contribution in [2.45, 2.75) is 50.7 Å². The lowest BCUT2D eigenvalue weighted by atomic mass is 10.2. The topological polar surface area (TPSA) is 105 Å². The Morgan fingerprint density at radius 2 is 2.07 bits per heavy atom. The standard InChI is InChI=1S/C21H25N7O2/c1-22-18-11-17(26-16-7-4-10-23-21(16)30-14-8-9-14)27-19-15(12-24-28(18)19)20(29)25-13-5-2-3-6-13/h4,7,10-14,22H,2-3,5-6,8-9H2,1H3,(H,25,29)(H,26,27). The Hall–Kier alpha value is -3.36. The second-order valence-electron chi connectivity index (χ2n) is 7.82. The van der Waals surface area contributed by atoms with Gasteiger partial charge in [-0.25, -0.2) is 9.97 Å². The second kappa shape index (κ2) is 7.81. The first-order valence-electron chi connectivity index (χ1n) is 10.5. The molecule has 1 amide bonds. The smallest absolute Gasteiger partial charge is 0.256 e. The molecule has 156 valence electrons. The van der Waals surface area contributed by atoms with Crippen molar-refractivity contribution in [3.05, 3.63) is 36.2 Å². The van der Waals surface area contributed by atoms with Crippen molar-refractivity contribution in [2.75, 3.05) is 17.7 Å². The maximum absolute atomic E-state index is 12.9. The van der Waals surface area contributed by atoms with Crippen LogP contribution in [-0.2, 0) is 0 Å². The van der Waals surface area contributed by atoms with E-state index in [1.165, 1.54) is 0 Å². The second-order valence-corrected chi connectivity index (χ2v) is 7.82. The maximum Gasteiger partial charge on any atom is 0.256 e. The van der Waals surface area contributed by atoms with Crippen LogP contribution in [0.4, 0.5) is 17.3 Å². The van der Waals surface area contributed by atoms with Gasteiger partial charge in [0, 0.05) is 25.4 Å². The number of anilines is 3. The quantitative estimate of drug-likeness (QED) is 0.552. The number of rotatable bonds is 7. The average molecular weight is 407 g/mol. The normalized spacial score (nSPS) is 16.6. The highest BCUT2D eigenvalue weighted by Gasteiger charge is 2.26. The third-order valence-electron chi connectivity index (χ3n) is 5.50. The summed E-state index contributed by atoms with van der Waals surface area (Å²) in [6, 6.07) is 5.82. The van der Waals surface area contributed by atoms with E-state index < -0.39 is 0 Å². The molecule has 2 aliphatic carbocycles. The molecule has 0 aromatic carbocycles. The predicted molar refractivity (Wildman–Crippen MR) is 113 cm³/mol. The van der Waals surface area contributed by atoms with Crippen molar-refractivity contribution < 1.29 is 9.53 Å². The monoisotopic (exact) mass is 407 g/mol. The van der Waals surface area contributed by atoms with Gasteiger partial charge in [-0.2, -0.15) is 9.61 Å². The van der Waals surface area contributed by atoms with Gasteiger partial charge in [-0.15, -0.1) is 0 Å². The first-order chi connectivity index (χ1) is 14.7. The molecule has 0 bridgehead atoms. The Morgan fingerprint density at radius 3 is 2.83 bits per heavy atom. The molecule has 9 nitrogen and oxygen atoms in total. The van der Waals surface area contributed by atoms with Crippen LogP contribution in [0.3, 0.4) is 0 Å². The number of carbonyl (C=O) groups excluding carboxylic acids is 1. The van der Waals surface area contributed by atoms with Crippen molar-refractivity contribution in [3.63, 3.8) is 0 Å². The Balaban J connectivity index is 1.46. The Labute approximate surface area is 174 Å². The summed E-state index contributed by atoms with van der Waals surface area (Å²) in [7, 11) is 1.81. The SMILES string of the molecule is CNc1cc(Nc2cccnc2OC2CC2)nc2c(C(=O)NC3CCCC3)cnn12. The van der Waals surface area contributed by atoms with Gasteiger partial charge in [0.2, 0.25) is 5.88 Å². The molecular weight excluding hydrogens is 382 g/mol. The molecule has 2 aliphatic rings. The number of hydrogen-bond acceptors (Lipinski definition) is 7. The largest absolute Gasteiger partial charge is 0.473 e. The molecule has 2 fully saturated rings. The zero-order valence-corrected chi connectivity index (χ0v) is 16.9. The summed E-state index contributed by atoms with van der Waals surface area (Å²) in [5.41, 5.74) is 1.69. The molecule has 0 atom stereocenters. The third kappa shape index (κ3) is 3.74. The van der Waals surface area contributed by atoms with Gasteiger partial charge in [-0.3, -0.25) is 4.79 Å². The fourth-order valence-corrected chi connectivity index (χ4v) is 3.76. The number of amides is 1. The van der Waals surface area contributed by atoms with Crippen LogP contribution in [0.25, 0.3) is 5.65 Å². The minimum Gasteiger partial charge on any atom is -0.473 e. The third-order valence-corrected chi connectivity index (χ3v) is 5.50. The molecule has 0 unspecified atom stereocenters. The van der Waals surface area contributed by atoms with E-state index in [4.69, 9.17) is 4.74 Å². The summed E-state index contributed by atoms with van der Waals surface area (Å²) in [6.07, 6.45) is 10.0. The molecule has 0 saturated heterocycles. The van der Waals surface area contributed by atoms with Gasteiger partial charge < -0.3 is 20.7 Å². The molecule has 3 aromatic rings. The number of fused-ring (bicyclic) bond motifs is 1. The van der Waals surface area contributed by atoms with Crippen LogP contribution < -0.4 is 20.7 Å². The molecule has 3 heterocycles. The Bertz CT molecular complexity index is 1070. The van der Waals surface area contributed by atoms with Gasteiger partial charge in [0.25, 0.3) is 5.91 Å². The van der Waals surface area contributed by atoms with Gasteiger partial charge in [0.15, 0.2) is 5.65 Å². The zero-order chi connectivity index (χ0) is 20.5. The van der Waals surface area contributed by atoms with E-state index in [0.717, 1.165) is 50.0 Å². The molecular formula is C21H25N7O2. The molecule has 2 saturated carbocycles. The van der Waals surface area contributed by atoms with Crippen molar-refractivity contribution in [2.24, 2.45) is 0 Å². The molecule has 3 N–H and O–H groups in total. The van der Waals surface area contributed by atoms with E-state index in [1.54, 1.807) is 16.9 Å².